The summed E-state index contributed by atoms with van der Waals surface area (Å²) in [6, 6.07) is 0. The van der Waals surface area contributed by atoms with Gasteiger partial charge in [-0.2, -0.15) is 0 Å². The van der Waals surface area contributed by atoms with Crippen LogP contribution in [0.5, 0.6) is 0 Å². The Hall–Kier alpha value is -0.770. The lowest BCUT2D eigenvalue weighted by Crippen LogP contribution is -2.29. The normalized spacial score (nSPS) is 17.3. The molecule has 76 valence electrons. The van der Waals surface area contributed by atoms with E-state index >= 15 is 0 Å². The van der Waals surface area contributed by atoms with Crippen LogP contribution < -0.4 is 11.1 Å². The molecule has 1 fully saturated rings. The first-order valence-electron chi connectivity index (χ1n) is 4.97. The molecule has 1 rings (SSSR count). The molecule has 0 heterocycles. The van der Waals surface area contributed by atoms with Gasteiger partial charge in [0.15, 0.2) is 0 Å². The third-order valence-corrected chi connectivity index (χ3v) is 2.23. The Balaban J connectivity index is 2.02. The van der Waals surface area contributed by atoms with Crippen LogP contribution >= 0.6 is 0 Å². The summed E-state index contributed by atoms with van der Waals surface area (Å²) < 4.78 is 5.17. The van der Waals surface area contributed by atoms with Crippen LogP contribution in [0.25, 0.3) is 0 Å². The van der Waals surface area contributed by atoms with E-state index in [1.807, 2.05) is 0 Å². The zero-order chi connectivity index (χ0) is 9.52. The highest BCUT2D eigenvalue weighted by Crippen LogP contribution is 2.20. The van der Waals surface area contributed by atoms with Gasteiger partial charge in [-0.1, -0.05) is 0 Å². The highest BCUT2D eigenvalue weighted by molar-refractivity contribution is 5.67. The van der Waals surface area contributed by atoms with Crippen molar-refractivity contribution >= 4 is 6.09 Å². The molecule has 0 aliphatic heterocycles. The minimum atomic E-state index is -0.291. The van der Waals surface area contributed by atoms with Gasteiger partial charge < -0.3 is 15.8 Å². The van der Waals surface area contributed by atoms with Crippen molar-refractivity contribution in [2.24, 2.45) is 5.73 Å². The van der Waals surface area contributed by atoms with Crippen molar-refractivity contribution in [3.05, 3.63) is 0 Å². The van der Waals surface area contributed by atoms with Gasteiger partial charge in [-0.05, 0) is 38.6 Å². The maximum Gasteiger partial charge on any atom is 0.407 e. The topological polar surface area (TPSA) is 64.3 Å². The summed E-state index contributed by atoms with van der Waals surface area (Å²) in [5.74, 6) is 0. The first-order chi connectivity index (χ1) is 6.33. The first kappa shape index (κ1) is 10.3. The highest BCUT2D eigenvalue weighted by atomic mass is 16.6. The molecule has 0 aromatic heterocycles. The molecule has 1 aliphatic rings. The smallest absolute Gasteiger partial charge is 0.407 e. The second-order valence-corrected chi connectivity index (χ2v) is 3.38. The SMILES string of the molecule is NCCCNC(=O)OC1CCCC1. The van der Waals surface area contributed by atoms with E-state index in [1.54, 1.807) is 0 Å². The fraction of sp³-hybridized carbons (Fsp3) is 0.889. The second kappa shape index (κ2) is 5.80. The van der Waals surface area contributed by atoms with Crippen molar-refractivity contribution in [2.45, 2.75) is 38.2 Å². The molecule has 0 aromatic rings. The largest absolute Gasteiger partial charge is 0.446 e. The molecule has 0 bridgehead atoms. The minimum absolute atomic E-state index is 0.151. The zero-order valence-electron chi connectivity index (χ0n) is 7.92. The van der Waals surface area contributed by atoms with Crippen LogP contribution in [0.3, 0.4) is 0 Å². The van der Waals surface area contributed by atoms with E-state index in [4.69, 9.17) is 10.5 Å². The van der Waals surface area contributed by atoms with Crippen LogP contribution in [0.1, 0.15) is 32.1 Å². The van der Waals surface area contributed by atoms with Crippen molar-refractivity contribution in [3.8, 4) is 0 Å². The summed E-state index contributed by atoms with van der Waals surface area (Å²) in [7, 11) is 0. The van der Waals surface area contributed by atoms with Crippen LogP contribution in [-0.2, 0) is 4.74 Å². The van der Waals surface area contributed by atoms with Crippen LogP contribution in [0.4, 0.5) is 4.79 Å². The Morgan fingerprint density at radius 3 is 2.77 bits per heavy atom. The predicted molar refractivity (Wildman–Crippen MR) is 50.4 cm³/mol. The molecule has 0 unspecified atom stereocenters. The average molecular weight is 186 g/mol. The van der Waals surface area contributed by atoms with E-state index in [1.165, 1.54) is 12.8 Å². The zero-order valence-corrected chi connectivity index (χ0v) is 7.92. The molecule has 0 aromatic carbocycles. The molecular formula is C9H18N2O2. The van der Waals surface area contributed by atoms with E-state index in [0.717, 1.165) is 19.3 Å². The predicted octanol–water partition coefficient (Wildman–Crippen LogP) is 1.00. The third-order valence-electron chi connectivity index (χ3n) is 2.23. The molecule has 1 saturated carbocycles. The standard InChI is InChI=1S/C9H18N2O2/c10-6-3-7-11-9(12)13-8-4-1-2-5-8/h8H,1-7,10H2,(H,11,12). The molecule has 0 radical (unpaired) electrons. The molecule has 3 N–H and O–H groups in total. The van der Waals surface area contributed by atoms with E-state index in [9.17, 15) is 4.79 Å². The van der Waals surface area contributed by atoms with E-state index in [2.05, 4.69) is 5.32 Å². The van der Waals surface area contributed by atoms with Gasteiger partial charge in [-0.25, -0.2) is 4.79 Å². The Morgan fingerprint density at radius 2 is 2.15 bits per heavy atom. The van der Waals surface area contributed by atoms with Crippen LogP contribution in [0.2, 0.25) is 0 Å². The quantitative estimate of drug-likeness (QED) is 0.644. The molecule has 13 heavy (non-hydrogen) atoms. The fourth-order valence-corrected chi connectivity index (χ4v) is 1.49. The molecular weight excluding hydrogens is 168 g/mol. The number of carbonyl (C=O) groups excluding carboxylic acids is 1. The number of amides is 1. The molecule has 1 amide bonds. The number of hydrogen-bond acceptors (Lipinski definition) is 3. The van der Waals surface area contributed by atoms with Gasteiger partial charge in [0.25, 0.3) is 0 Å². The van der Waals surface area contributed by atoms with Gasteiger partial charge in [0.2, 0.25) is 0 Å². The van der Waals surface area contributed by atoms with Crippen molar-refractivity contribution in [3.63, 3.8) is 0 Å². The summed E-state index contributed by atoms with van der Waals surface area (Å²) in [5.41, 5.74) is 5.29. The molecule has 0 saturated heterocycles. The van der Waals surface area contributed by atoms with Gasteiger partial charge in [0.05, 0.1) is 0 Å². The van der Waals surface area contributed by atoms with Gasteiger partial charge >= 0.3 is 6.09 Å². The van der Waals surface area contributed by atoms with Crippen LogP contribution in [0.15, 0.2) is 0 Å². The van der Waals surface area contributed by atoms with E-state index < -0.39 is 0 Å². The summed E-state index contributed by atoms with van der Waals surface area (Å²) >= 11 is 0. The number of nitrogens with two attached hydrogens (primary N) is 1. The Labute approximate surface area is 78.8 Å². The number of nitrogens with one attached hydrogen (secondary N) is 1. The van der Waals surface area contributed by atoms with Crippen LogP contribution in [-0.4, -0.2) is 25.3 Å². The average Bonchev–Trinajstić information content (AvgIpc) is 2.57. The molecule has 0 atom stereocenters. The van der Waals surface area contributed by atoms with E-state index in [0.29, 0.717) is 13.1 Å². The lowest BCUT2D eigenvalue weighted by molar-refractivity contribution is 0.101. The third kappa shape index (κ3) is 4.12. The molecule has 0 spiro atoms. The maximum atomic E-state index is 11.1. The van der Waals surface area contributed by atoms with Gasteiger partial charge in [0, 0.05) is 6.54 Å². The fourth-order valence-electron chi connectivity index (χ4n) is 1.49. The summed E-state index contributed by atoms with van der Waals surface area (Å²) in [5, 5.41) is 2.67. The van der Waals surface area contributed by atoms with Crippen molar-refractivity contribution in [2.75, 3.05) is 13.1 Å². The lowest BCUT2D eigenvalue weighted by atomic mass is 10.3. The van der Waals surface area contributed by atoms with Crippen molar-refractivity contribution in [1.82, 2.24) is 5.32 Å². The number of hydrogen-bond donors (Lipinski definition) is 2. The second-order valence-electron chi connectivity index (χ2n) is 3.38. The van der Waals surface area contributed by atoms with Gasteiger partial charge in [-0.3, -0.25) is 0 Å². The van der Waals surface area contributed by atoms with Crippen molar-refractivity contribution < 1.29 is 9.53 Å². The Bertz CT molecular complexity index is 156. The van der Waals surface area contributed by atoms with Crippen LogP contribution in [0, 0.1) is 0 Å². The summed E-state index contributed by atoms with van der Waals surface area (Å²) in [4.78, 5) is 11.1. The Morgan fingerprint density at radius 1 is 1.46 bits per heavy atom. The summed E-state index contributed by atoms with van der Waals surface area (Å²) in [6.45, 7) is 1.21. The highest BCUT2D eigenvalue weighted by Gasteiger charge is 2.18. The summed E-state index contributed by atoms with van der Waals surface area (Å²) in [6.07, 6.45) is 5.06. The maximum absolute atomic E-state index is 11.1. The van der Waals surface area contributed by atoms with Crippen molar-refractivity contribution in [1.29, 1.82) is 0 Å². The monoisotopic (exact) mass is 186 g/mol. The molecule has 1 aliphatic carbocycles. The molecule has 4 nitrogen and oxygen atoms in total. The Kier molecular flexibility index (Phi) is 4.60. The van der Waals surface area contributed by atoms with E-state index in [-0.39, 0.29) is 12.2 Å². The number of ether oxygens (including phenoxy) is 1. The van der Waals surface area contributed by atoms with Gasteiger partial charge in [-0.15, -0.1) is 0 Å². The minimum Gasteiger partial charge on any atom is -0.446 e. The van der Waals surface area contributed by atoms with Gasteiger partial charge in [0.1, 0.15) is 6.10 Å². The first-order valence-corrected chi connectivity index (χ1v) is 4.97. The molecule has 4 heteroatoms. The number of rotatable bonds is 4. The number of carbonyl (C=O) groups is 1. The lowest BCUT2D eigenvalue weighted by Gasteiger charge is -2.11. The number of alkyl carbamates (subject to hydrolysis) is 1.